The summed E-state index contributed by atoms with van der Waals surface area (Å²) in [7, 11) is 0. The van der Waals surface area contributed by atoms with E-state index in [1.165, 1.54) is 71.1 Å². The van der Waals surface area contributed by atoms with Crippen LogP contribution in [0.3, 0.4) is 0 Å². The van der Waals surface area contributed by atoms with E-state index in [4.69, 9.17) is 4.42 Å². The number of hydrogen-bond acceptors (Lipinski definition) is 1. The highest BCUT2D eigenvalue weighted by Gasteiger charge is 2.20. The molecule has 0 N–H and O–H groups in total. The number of hydrogen-bond donors (Lipinski definition) is 0. The van der Waals surface area contributed by atoms with Crippen LogP contribution in [0.4, 0.5) is 0 Å². The zero-order valence-electron chi connectivity index (χ0n) is 25.6. The molecule has 47 heavy (non-hydrogen) atoms. The summed E-state index contributed by atoms with van der Waals surface area (Å²) in [5.74, 6) is 0. The van der Waals surface area contributed by atoms with Crippen LogP contribution >= 0.6 is 0 Å². The summed E-state index contributed by atoms with van der Waals surface area (Å²) < 4.78 is 6.50. The summed E-state index contributed by atoms with van der Waals surface area (Å²) in [4.78, 5) is 0. The number of furan rings is 1. The van der Waals surface area contributed by atoms with E-state index in [-0.39, 0.29) is 0 Å². The van der Waals surface area contributed by atoms with Crippen molar-refractivity contribution < 1.29 is 4.42 Å². The van der Waals surface area contributed by atoms with Gasteiger partial charge in [-0.15, -0.1) is 0 Å². The molecular weight excluding hydrogens is 569 g/mol. The summed E-state index contributed by atoms with van der Waals surface area (Å²) >= 11 is 0. The Morgan fingerprint density at radius 1 is 0.298 bits per heavy atom. The van der Waals surface area contributed by atoms with Gasteiger partial charge >= 0.3 is 0 Å². The third kappa shape index (κ3) is 3.97. The highest BCUT2D eigenvalue weighted by Crippen LogP contribution is 2.47. The zero-order valence-corrected chi connectivity index (χ0v) is 25.6. The molecule has 0 aliphatic heterocycles. The van der Waals surface area contributed by atoms with Gasteiger partial charge < -0.3 is 4.42 Å². The van der Waals surface area contributed by atoms with Crippen LogP contribution in [0.5, 0.6) is 0 Å². The molecule has 0 spiro atoms. The van der Waals surface area contributed by atoms with Crippen molar-refractivity contribution in [2.45, 2.75) is 0 Å². The Balaban J connectivity index is 1.29. The largest absolute Gasteiger partial charge is 0.455 e. The van der Waals surface area contributed by atoms with Crippen molar-refractivity contribution in [2.75, 3.05) is 0 Å². The Hall–Kier alpha value is -6.18. The molecule has 0 atom stereocenters. The minimum Gasteiger partial charge on any atom is -0.455 e. The van der Waals surface area contributed by atoms with Crippen molar-refractivity contribution in [1.82, 2.24) is 0 Å². The Labute approximate surface area is 271 Å². The standard InChI is InChI=1S/C46H28O/c1-2-12-29(13-3-1)33-26-31-15-5-6-16-34(31)42(28-33)45-38-20-10-8-18-36(38)44(37-19-9-11-21-39(37)45)32-23-25-43-41(27-32)40-24-22-30-14-4-7-17-35(30)46(40)47-43/h1-28H. The fourth-order valence-electron chi connectivity index (χ4n) is 7.70. The lowest BCUT2D eigenvalue weighted by Gasteiger charge is -2.19. The lowest BCUT2D eigenvalue weighted by molar-refractivity contribution is 0.672. The van der Waals surface area contributed by atoms with E-state index in [0.29, 0.717) is 0 Å². The van der Waals surface area contributed by atoms with E-state index < -0.39 is 0 Å². The van der Waals surface area contributed by atoms with E-state index in [0.717, 1.165) is 27.3 Å². The van der Waals surface area contributed by atoms with E-state index in [9.17, 15) is 0 Å². The highest BCUT2D eigenvalue weighted by molar-refractivity contribution is 6.24. The first-order valence-electron chi connectivity index (χ1n) is 16.2. The van der Waals surface area contributed by atoms with E-state index >= 15 is 0 Å². The van der Waals surface area contributed by atoms with Crippen molar-refractivity contribution in [1.29, 1.82) is 0 Å². The fraction of sp³-hybridized carbons (Fsp3) is 0. The molecule has 0 fully saturated rings. The first-order valence-corrected chi connectivity index (χ1v) is 16.2. The predicted octanol–water partition coefficient (Wildman–Crippen LogP) is 13.2. The molecule has 218 valence electrons. The molecule has 1 aromatic heterocycles. The summed E-state index contributed by atoms with van der Waals surface area (Å²) in [6.45, 7) is 0. The average Bonchev–Trinajstić information content (AvgIpc) is 3.52. The average molecular weight is 597 g/mol. The van der Waals surface area contributed by atoms with Gasteiger partial charge in [0, 0.05) is 16.2 Å². The molecule has 0 bridgehead atoms. The Morgan fingerprint density at radius 2 is 0.894 bits per heavy atom. The van der Waals surface area contributed by atoms with Crippen molar-refractivity contribution in [3.8, 4) is 33.4 Å². The molecule has 10 aromatic rings. The lowest BCUT2D eigenvalue weighted by atomic mass is 9.83. The van der Waals surface area contributed by atoms with Gasteiger partial charge in [-0.2, -0.15) is 0 Å². The molecule has 0 unspecified atom stereocenters. The smallest absolute Gasteiger partial charge is 0.143 e. The van der Waals surface area contributed by atoms with Gasteiger partial charge in [0.25, 0.3) is 0 Å². The van der Waals surface area contributed by atoms with Gasteiger partial charge in [0.1, 0.15) is 11.2 Å². The van der Waals surface area contributed by atoms with Crippen molar-refractivity contribution in [3.63, 3.8) is 0 Å². The molecule has 1 nitrogen and oxygen atoms in total. The maximum Gasteiger partial charge on any atom is 0.143 e. The van der Waals surface area contributed by atoms with Crippen LogP contribution in [-0.2, 0) is 0 Å². The van der Waals surface area contributed by atoms with Crippen LogP contribution in [0, 0.1) is 0 Å². The van der Waals surface area contributed by atoms with Crippen LogP contribution in [0.2, 0.25) is 0 Å². The van der Waals surface area contributed by atoms with Gasteiger partial charge in [0.2, 0.25) is 0 Å². The Morgan fingerprint density at radius 3 is 1.62 bits per heavy atom. The molecule has 1 heteroatoms. The number of rotatable bonds is 3. The topological polar surface area (TPSA) is 13.1 Å². The molecule has 0 aliphatic carbocycles. The fourth-order valence-corrected chi connectivity index (χ4v) is 7.70. The zero-order chi connectivity index (χ0) is 30.9. The maximum absolute atomic E-state index is 6.50. The third-order valence-corrected chi connectivity index (χ3v) is 9.82. The first-order chi connectivity index (χ1) is 23.3. The summed E-state index contributed by atoms with van der Waals surface area (Å²) in [6, 6.07) is 61.6. The lowest BCUT2D eigenvalue weighted by Crippen LogP contribution is -1.92. The van der Waals surface area contributed by atoms with Crippen LogP contribution in [0.15, 0.2) is 174 Å². The van der Waals surface area contributed by atoms with Gasteiger partial charge in [-0.1, -0.05) is 140 Å². The molecule has 0 aliphatic rings. The molecule has 1 heterocycles. The van der Waals surface area contributed by atoms with E-state index in [2.05, 4.69) is 170 Å². The second-order valence-electron chi connectivity index (χ2n) is 12.4. The molecule has 0 amide bonds. The van der Waals surface area contributed by atoms with Gasteiger partial charge in [-0.05, 0) is 101 Å². The minimum atomic E-state index is 0.912. The first kappa shape index (κ1) is 26.1. The molecular formula is C46H28O. The van der Waals surface area contributed by atoms with Crippen molar-refractivity contribution in [3.05, 3.63) is 170 Å². The van der Waals surface area contributed by atoms with E-state index in [1.807, 2.05) is 0 Å². The van der Waals surface area contributed by atoms with Crippen LogP contribution < -0.4 is 0 Å². The molecule has 0 saturated heterocycles. The van der Waals surface area contributed by atoms with Crippen LogP contribution in [0.1, 0.15) is 0 Å². The Bertz CT molecular complexity index is 2780. The van der Waals surface area contributed by atoms with Gasteiger partial charge in [0.15, 0.2) is 0 Å². The quantitative estimate of drug-likeness (QED) is 0.185. The molecule has 10 rings (SSSR count). The summed E-state index contributed by atoms with van der Waals surface area (Å²) in [5.41, 5.74) is 9.27. The molecule has 0 radical (unpaired) electrons. The summed E-state index contributed by atoms with van der Waals surface area (Å²) in [5, 5.41) is 12.1. The van der Waals surface area contributed by atoms with E-state index in [1.54, 1.807) is 0 Å². The maximum atomic E-state index is 6.50. The summed E-state index contributed by atoms with van der Waals surface area (Å²) in [6.07, 6.45) is 0. The molecule has 0 saturated carbocycles. The number of benzene rings is 9. The minimum absolute atomic E-state index is 0.912. The van der Waals surface area contributed by atoms with Crippen molar-refractivity contribution in [2.24, 2.45) is 0 Å². The van der Waals surface area contributed by atoms with Gasteiger partial charge in [-0.3, -0.25) is 0 Å². The molecule has 9 aromatic carbocycles. The second-order valence-corrected chi connectivity index (χ2v) is 12.4. The van der Waals surface area contributed by atoms with Crippen LogP contribution in [0.25, 0.3) is 98.4 Å². The normalized spacial score (nSPS) is 11.8. The monoisotopic (exact) mass is 596 g/mol. The van der Waals surface area contributed by atoms with Crippen molar-refractivity contribution >= 4 is 65.0 Å². The predicted molar refractivity (Wildman–Crippen MR) is 200 cm³/mol. The second kappa shape index (κ2) is 10.2. The highest BCUT2D eigenvalue weighted by atomic mass is 16.3. The Kier molecular flexibility index (Phi) is 5.64. The third-order valence-electron chi connectivity index (χ3n) is 9.82. The van der Waals surface area contributed by atoms with Gasteiger partial charge in [0.05, 0.1) is 0 Å². The number of fused-ring (bicyclic) bond motifs is 8. The van der Waals surface area contributed by atoms with Gasteiger partial charge in [-0.25, -0.2) is 0 Å². The SMILES string of the molecule is c1ccc(-c2cc(-c3c4ccccc4c(-c4ccc5oc6c7ccccc7ccc6c5c4)c4ccccc34)c3ccccc3c2)cc1. The van der Waals surface area contributed by atoms with Crippen LogP contribution in [-0.4, -0.2) is 0 Å².